The molecule has 22 heavy (non-hydrogen) atoms. The van der Waals surface area contributed by atoms with Crippen LogP contribution < -0.4 is 4.74 Å². The van der Waals surface area contributed by atoms with Crippen LogP contribution in [-0.2, 0) is 0 Å². The van der Waals surface area contributed by atoms with Gasteiger partial charge in [0.15, 0.2) is 5.75 Å². The molecular weight excluding hydrogens is 288 g/mol. The maximum absolute atomic E-state index is 11.0. The van der Waals surface area contributed by atoms with E-state index < -0.39 is 11.0 Å². The molecule has 0 saturated heterocycles. The molecule has 0 fully saturated rings. The van der Waals surface area contributed by atoms with E-state index >= 15 is 0 Å². The molecule has 1 amide bonds. The van der Waals surface area contributed by atoms with E-state index in [0.29, 0.717) is 19.5 Å². The molecule has 0 radical (unpaired) electrons. The summed E-state index contributed by atoms with van der Waals surface area (Å²) in [5, 5.41) is 20.0. The Balaban J connectivity index is 2.29. The number of carboxylic acid groups (broad SMARTS) is 1. The van der Waals surface area contributed by atoms with Gasteiger partial charge in [-0.3, -0.25) is 10.1 Å². The predicted octanol–water partition coefficient (Wildman–Crippen LogP) is 3.15. The predicted molar refractivity (Wildman–Crippen MR) is 81.1 cm³/mol. The highest BCUT2D eigenvalue weighted by molar-refractivity contribution is 5.73. The van der Waals surface area contributed by atoms with Crippen LogP contribution in [0, 0.1) is 10.1 Å². The molecule has 118 valence electrons. The summed E-state index contributed by atoms with van der Waals surface area (Å²) in [5.74, 6) is 0.235. The number of nitro groups is 1. The lowest BCUT2D eigenvalue weighted by molar-refractivity contribution is -0.386. The second-order valence-corrected chi connectivity index (χ2v) is 5.31. The molecule has 0 aliphatic carbocycles. The third-order valence-corrected chi connectivity index (χ3v) is 3.37. The van der Waals surface area contributed by atoms with Crippen LogP contribution in [0.25, 0.3) is 5.57 Å². The second kappa shape index (κ2) is 6.46. The van der Waals surface area contributed by atoms with Gasteiger partial charge in [0, 0.05) is 19.2 Å². The average Bonchev–Trinajstić information content (AvgIpc) is 2.46. The third kappa shape index (κ3) is 3.55. The van der Waals surface area contributed by atoms with E-state index in [0.717, 1.165) is 11.1 Å². The number of nitrogens with zero attached hydrogens (tertiary/aromatic N) is 2. The van der Waals surface area contributed by atoms with Crippen molar-refractivity contribution in [1.29, 1.82) is 0 Å². The fourth-order valence-electron chi connectivity index (χ4n) is 2.32. The maximum Gasteiger partial charge on any atom is 0.407 e. The Morgan fingerprint density at radius 2 is 2.18 bits per heavy atom. The summed E-state index contributed by atoms with van der Waals surface area (Å²) in [7, 11) is 0. The SMILES string of the molecule is CC(C)Oc1cc(C2=CCN(C(=O)O)CC2)ccc1[N+](=O)[O-]. The van der Waals surface area contributed by atoms with E-state index in [4.69, 9.17) is 9.84 Å². The lowest BCUT2D eigenvalue weighted by atomic mass is 9.99. The minimum Gasteiger partial charge on any atom is -0.484 e. The van der Waals surface area contributed by atoms with Crippen molar-refractivity contribution in [3.63, 3.8) is 0 Å². The van der Waals surface area contributed by atoms with E-state index in [-0.39, 0.29) is 17.5 Å². The van der Waals surface area contributed by atoms with Gasteiger partial charge in [-0.05, 0) is 43.5 Å². The number of amides is 1. The Hall–Kier alpha value is -2.57. The summed E-state index contributed by atoms with van der Waals surface area (Å²) in [6.45, 7) is 4.35. The Morgan fingerprint density at radius 1 is 1.45 bits per heavy atom. The first-order chi connectivity index (χ1) is 10.4. The van der Waals surface area contributed by atoms with Gasteiger partial charge in [0.25, 0.3) is 0 Å². The first-order valence-corrected chi connectivity index (χ1v) is 7.01. The van der Waals surface area contributed by atoms with Gasteiger partial charge in [-0.1, -0.05) is 6.08 Å². The molecule has 0 atom stereocenters. The van der Waals surface area contributed by atoms with Crippen molar-refractivity contribution in [2.75, 3.05) is 13.1 Å². The quantitative estimate of drug-likeness (QED) is 0.681. The van der Waals surface area contributed by atoms with Crippen molar-refractivity contribution in [3.8, 4) is 5.75 Å². The minimum absolute atomic E-state index is 0.0685. The maximum atomic E-state index is 11.0. The number of benzene rings is 1. The van der Waals surface area contributed by atoms with Crippen LogP contribution in [0.2, 0.25) is 0 Å². The zero-order valence-electron chi connectivity index (χ0n) is 12.5. The number of carbonyl (C=O) groups is 1. The summed E-state index contributed by atoms with van der Waals surface area (Å²) in [6.07, 6.45) is 1.29. The summed E-state index contributed by atoms with van der Waals surface area (Å²) in [6, 6.07) is 4.76. The highest BCUT2D eigenvalue weighted by atomic mass is 16.6. The highest BCUT2D eigenvalue weighted by Crippen LogP contribution is 2.33. The summed E-state index contributed by atoms with van der Waals surface area (Å²) in [5.41, 5.74) is 1.73. The van der Waals surface area contributed by atoms with Gasteiger partial charge < -0.3 is 14.7 Å². The van der Waals surface area contributed by atoms with E-state index in [9.17, 15) is 14.9 Å². The fraction of sp³-hybridized carbons (Fsp3) is 0.400. The smallest absolute Gasteiger partial charge is 0.407 e. The average molecular weight is 306 g/mol. The van der Waals surface area contributed by atoms with Gasteiger partial charge in [0.2, 0.25) is 0 Å². The lowest BCUT2D eigenvalue weighted by Crippen LogP contribution is -2.33. The van der Waals surface area contributed by atoms with Crippen molar-refractivity contribution in [1.82, 2.24) is 4.90 Å². The third-order valence-electron chi connectivity index (χ3n) is 3.37. The molecule has 0 unspecified atom stereocenters. The number of hydrogen-bond acceptors (Lipinski definition) is 4. The van der Waals surface area contributed by atoms with Crippen molar-refractivity contribution in [3.05, 3.63) is 40.0 Å². The standard InChI is InChI=1S/C15H18N2O5/c1-10(2)22-14-9-12(3-4-13(14)17(20)21)11-5-7-16(8-6-11)15(18)19/h3-5,9-10H,6-8H2,1-2H3,(H,18,19). The van der Waals surface area contributed by atoms with Crippen molar-refractivity contribution in [2.45, 2.75) is 26.4 Å². The van der Waals surface area contributed by atoms with E-state index in [1.54, 1.807) is 26.0 Å². The number of nitro benzene ring substituents is 1. The van der Waals surface area contributed by atoms with Gasteiger partial charge in [0.1, 0.15) is 0 Å². The summed E-state index contributed by atoms with van der Waals surface area (Å²) < 4.78 is 5.52. The van der Waals surface area contributed by atoms with E-state index in [2.05, 4.69) is 0 Å². The van der Waals surface area contributed by atoms with Gasteiger partial charge in [-0.15, -0.1) is 0 Å². The molecule has 1 aromatic rings. The van der Waals surface area contributed by atoms with Crippen molar-refractivity contribution in [2.24, 2.45) is 0 Å². The molecule has 7 nitrogen and oxygen atoms in total. The Kier molecular flexibility index (Phi) is 4.65. The zero-order valence-corrected chi connectivity index (χ0v) is 12.5. The molecule has 0 bridgehead atoms. The number of ether oxygens (including phenoxy) is 1. The molecule has 1 N–H and O–H groups in total. The van der Waals surface area contributed by atoms with Crippen LogP contribution >= 0.6 is 0 Å². The van der Waals surface area contributed by atoms with Gasteiger partial charge in [-0.25, -0.2) is 4.79 Å². The van der Waals surface area contributed by atoms with Gasteiger partial charge in [0.05, 0.1) is 11.0 Å². The summed E-state index contributed by atoms with van der Waals surface area (Å²) in [4.78, 5) is 22.8. The topological polar surface area (TPSA) is 92.9 Å². The molecule has 0 spiro atoms. The molecule has 0 saturated carbocycles. The molecule has 1 aliphatic heterocycles. The molecule has 7 heteroatoms. The number of hydrogen-bond donors (Lipinski definition) is 1. The largest absolute Gasteiger partial charge is 0.484 e. The van der Waals surface area contributed by atoms with Crippen LogP contribution in [0.4, 0.5) is 10.5 Å². The molecular formula is C15H18N2O5. The molecule has 2 rings (SSSR count). The van der Waals surface area contributed by atoms with Crippen molar-refractivity contribution < 1.29 is 19.6 Å². The normalized spacial score (nSPS) is 14.7. The minimum atomic E-state index is -0.942. The lowest BCUT2D eigenvalue weighted by Gasteiger charge is -2.24. The van der Waals surface area contributed by atoms with Crippen LogP contribution in [-0.4, -0.2) is 40.2 Å². The second-order valence-electron chi connectivity index (χ2n) is 5.31. The highest BCUT2D eigenvalue weighted by Gasteiger charge is 2.20. The van der Waals surface area contributed by atoms with Crippen LogP contribution in [0.15, 0.2) is 24.3 Å². The van der Waals surface area contributed by atoms with Crippen LogP contribution in [0.3, 0.4) is 0 Å². The van der Waals surface area contributed by atoms with E-state index in [1.807, 2.05) is 6.08 Å². The molecule has 1 aliphatic rings. The molecule has 1 heterocycles. The Bertz CT molecular complexity index is 624. The summed E-state index contributed by atoms with van der Waals surface area (Å²) >= 11 is 0. The molecule has 0 aromatic heterocycles. The Morgan fingerprint density at radius 3 is 2.68 bits per heavy atom. The van der Waals surface area contributed by atoms with Crippen molar-refractivity contribution >= 4 is 17.4 Å². The van der Waals surface area contributed by atoms with Crippen LogP contribution in [0.5, 0.6) is 5.75 Å². The van der Waals surface area contributed by atoms with Crippen LogP contribution in [0.1, 0.15) is 25.8 Å². The van der Waals surface area contributed by atoms with Gasteiger partial charge >= 0.3 is 11.8 Å². The Labute approximate surface area is 128 Å². The zero-order chi connectivity index (χ0) is 16.3. The first-order valence-electron chi connectivity index (χ1n) is 7.01. The number of rotatable bonds is 4. The van der Waals surface area contributed by atoms with E-state index in [1.165, 1.54) is 11.0 Å². The molecule has 1 aromatic carbocycles. The first kappa shape index (κ1) is 15.8. The monoisotopic (exact) mass is 306 g/mol. The van der Waals surface area contributed by atoms with Gasteiger partial charge in [-0.2, -0.15) is 0 Å². The fourth-order valence-corrected chi connectivity index (χ4v) is 2.32.